The summed E-state index contributed by atoms with van der Waals surface area (Å²) in [6.07, 6.45) is 7.09. The lowest BCUT2D eigenvalue weighted by Gasteiger charge is -2.33. The summed E-state index contributed by atoms with van der Waals surface area (Å²) >= 11 is 0. The maximum atomic E-state index is 4.44. The lowest BCUT2D eigenvalue weighted by molar-refractivity contribution is 0.408. The monoisotopic (exact) mass is 268 g/mol. The van der Waals surface area contributed by atoms with Crippen LogP contribution in [0.3, 0.4) is 0 Å². The van der Waals surface area contributed by atoms with E-state index in [-0.39, 0.29) is 0 Å². The van der Waals surface area contributed by atoms with E-state index in [0.717, 1.165) is 31.0 Å². The number of aryl methyl sites for hydroxylation is 1. The van der Waals surface area contributed by atoms with Gasteiger partial charge in [0, 0.05) is 36.7 Å². The maximum absolute atomic E-state index is 4.44. The van der Waals surface area contributed by atoms with Gasteiger partial charge in [-0.3, -0.25) is 4.98 Å². The lowest BCUT2D eigenvalue weighted by Crippen LogP contribution is -2.36. The Bertz CT molecular complexity index is 555. The normalized spacial score (nSPS) is 19.1. The third kappa shape index (κ3) is 3.13. The van der Waals surface area contributed by atoms with Crippen molar-refractivity contribution in [1.82, 2.24) is 15.0 Å². The molecule has 1 aliphatic rings. The van der Waals surface area contributed by atoms with Crippen LogP contribution in [0.1, 0.15) is 24.2 Å². The molecule has 4 nitrogen and oxygen atoms in total. The van der Waals surface area contributed by atoms with Crippen LogP contribution in [0.15, 0.2) is 36.8 Å². The Morgan fingerprint density at radius 1 is 1.25 bits per heavy atom. The molecule has 1 aliphatic heterocycles. The molecule has 0 bridgehead atoms. The van der Waals surface area contributed by atoms with Crippen molar-refractivity contribution in [3.63, 3.8) is 0 Å². The van der Waals surface area contributed by atoms with Gasteiger partial charge < -0.3 is 4.90 Å². The Morgan fingerprint density at radius 2 is 2.20 bits per heavy atom. The molecule has 1 fully saturated rings. The van der Waals surface area contributed by atoms with Crippen LogP contribution in [0.2, 0.25) is 0 Å². The second kappa shape index (κ2) is 5.99. The molecule has 0 N–H and O–H groups in total. The zero-order valence-corrected chi connectivity index (χ0v) is 11.9. The molecule has 0 unspecified atom stereocenters. The van der Waals surface area contributed by atoms with Crippen LogP contribution in [0, 0.1) is 12.8 Å². The molecule has 2 aromatic heterocycles. The molecule has 0 aromatic carbocycles. The molecular formula is C16H20N4. The van der Waals surface area contributed by atoms with Gasteiger partial charge >= 0.3 is 0 Å². The van der Waals surface area contributed by atoms with Gasteiger partial charge in [0.1, 0.15) is 12.1 Å². The van der Waals surface area contributed by atoms with E-state index in [2.05, 4.69) is 38.1 Å². The fourth-order valence-corrected chi connectivity index (χ4v) is 2.87. The quantitative estimate of drug-likeness (QED) is 0.858. The SMILES string of the molecule is Cc1cc(N2CCC[C@H](Cc3ccccn3)C2)ncn1. The first kappa shape index (κ1) is 13.0. The summed E-state index contributed by atoms with van der Waals surface area (Å²) in [7, 11) is 0. The minimum absolute atomic E-state index is 0.661. The predicted octanol–water partition coefficient (Wildman–Crippen LogP) is 2.64. The molecule has 0 spiro atoms. The van der Waals surface area contributed by atoms with Crippen molar-refractivity contribution in [3.05, 3.63) is 48.2 Å². The van der Waals surface area contributed by atoms with Crippen LogP contribution < -0.4 is 4.90 Å². The second-order valence-corrected chi connectivity index (χ2v) is 5.50. The maximum Gasteiger partial charge on any atom is 0.132 e. The molecule has 20 heavy (non-hydrogen) atoms. The van der Waals surface area contributed by atoms with E-state index in [1.54, 1.807) is 6.33 Å². The van der Waals surface area contributed by atoms with Gasteiger partial charge in [-0.05, 0) is 44.2 Å². The van der Waals surface area contributed by atoms with E-state index in [1.807, 2.05) is 19.2 Å². The van der Waals surface area contributed by atoms with E-state index in [1.165, 1.54) is 18.5 Å². The smallest absolute Gasteiger partial charge is 0.132 e. The zero-order valence-electron chi connectivity index (χ0n) is 11.9. The number of hydrogen-bond acceptors (Lipinski definition) is 4. The highest BCUT2D eigenvalue weighted by molar-refractivity contribution is 5.39. The van der Waals surface area contributed by atoms with Crippen molar-refractivity contribution in [2.24, 2.45) is 5.92 Å². The van der Waals surface area contributed by atoms with Gasteiger partial charge in [0.05, 0.1) is 0 Å². The highest BCUT2D eigenvalue weighted by Gasteiger charge is 2.21. The van der Waals surface area contributed by atoms with Crippen molar-refractivity contribution in [3.8, 4) is 0 Å². The third-order valence-electron chi connectivity index (χ3n) is 3.86. The van der Waals surface area contributed by atoms with Crippen LogP contribution in [0.25, 0.3) is 0 Å². The summed E-state index contributed by atoms with van der Waals surface area (Å²) in [5.41, 5.74) is 2.22. The number of pyridine rings is 1. The minimum Gasteiger partial charge on any atom is -0.356 e. The van der Waals surface area contributed by atoms with Crippen LogP contribution in [0.5, 0.6) is 0 Å². The average Bonchev–Trinajstić information content (AvgIpc) is 2.49. The van der Waals surface area contributed by atoms with Crippen molar-refractivity contribution in [2.45, 2.75) is 26.2 Å². The molecule has 2 aromatic rings. The predicted molar refractivity (Wildman–Crippen MR) is 79.6 cm³/mol. The number of nitrogens with zero attached hydrogens (tertiary/aromatic N) is 4. The standard InChI is InChI=1S/C16H20N4/c1-13-9-16(19-12-18-13)20-8-4-5-14(11-20)10-15-6-2-3-7-17-15/h2-3,6-7,9,12,14H,4-5,8,10-11H2,1H3/t14-/m1/s1. The number of anilines is 1. The summed E-state index contributed by atoms with van der Waals surface area (Å²) in [5, 5.41) is 0. The fourth-order valence-electron chi connectivity index (χ4n) is 2.87. The molecule has 0 saturated carbocycles. The number of hydrogen-bond donors (Lipinski definition) is 0. The van der Waals surface area contributed by atoms with Crippen LogP contribution in [-0.2, 0) is 6.42 Å². The number of rotatable bonds is 3. The largest absolute Gasteiger partial charge is 0.356 e. The van der Waals surface area contributed by atoms with Gasteiger partial charge in [-0.2, -0.15) is 0 Å². The molecule has 0 amide bonds. The molecular weight excluding hydrogens is 248 g/mol. The summed E-state index contributed by atoms with van der Waals surface area (Å²) in [4.78, 5) is 15.4. The first-order chi connectivity index (χ1) is 9.81. The number of aromatic nitrogens is 3. The van der Waals surface area contributed by atoms with Crippen molar-refractivity contribution < 1.29 is 0 Å². The molecule has 104 valence electrons. The summed E-state index contributed by atoms with van der Waals surface area (Å²) in [5.74, 6) is 1.72. The highest BCUT2D eigenvalue weighted by atomic mass is 15.2. The van der Waals surface area contributed by atoms with E-state index in [4.69, 9.17) is 0 Å². The molecule has 0 radical (unpaired) electrons. The molecule has 1 saturated heterocycles. The molecule has 4 heteroatoms. The Morgan fingerprint density at radius 3 is 3.00 bits per heavy atom. The minimum atomic E-state index is 0.661. The molecule has 1 atom stereocenters. The first-order valence-corrected chi connectivity index (χ1v) is 7.25. The zero-order chi connectivity index (χ0) is 13.8. The van der Waals surface area contributed by atoms with Gasteiger partial charge in [-0.1, -0.05) is 6.07 Å². The van der Waals surface area contributed by atoms with Crippen LogP contribution >= 0.6 is 0 Å². The fraction of sp³-hybridized carbons (Fsp3) is 0.438. The van der Waals surface area contributed by atoms with E-state index >= 15 is 0 Å². The Kier molecular flexibility index (Phi) is 3.90. The summed E-state index contributed by atoms with van der Waals surface area (Å²) < 4.78 is 0. The topological polar surface area (TPSA) is 41.9 Å². The lowest BCUT2D eigenvalue weighted by atomic mass is 9.93. The average molecular weight is 268 g/mol. The van der Waals surface area contributed by atoms with Crippen LogP contribution in [0.4, 0.5) is 5.82 Å². The van der Waals surface area contributed by atoms with E-state index in [0.29, 0.717) is 5.92 Å². The highest BCUT2D eigenvalue weighted by Crippen LogP contribution is 2.23. The van der Waals surface area contributed by atoms with E-state index in [9.17, 15) is 0 Å². The van der Waals surface area contributed by atoms with E-state index < -0.39 is 0 Å². The van der Waals surface area contributed by atoms with Crippen LogP contribution in [-0.4, -0.2) is 28.0 Å². The number of piperidine rings is 1. The van der Waals surface area contributed by atoms with Gasteiger partial charge in [-0.15, -0.1) is 0 Å². The summed E-state index contributed by atoms with van der Waals surface area (Å²) in [6.45, 7) is 4.17. The Hall–Kier alpha value is -1.97. The molecule has 3 heterocycles. The Balaban J connectivity index is 1.67. The van der Waals surface area contributed by atoms with Crippen molar-refractivity contribution in [2.75, 3.05) is 18.0 Å². The van der Waals surface area contributed by atoms with Gasteiger partial charge in [0.15, 0.2) is 0 Å². The molecule has 3 rings (SSSR count). The first-order valence-electron chi connectivity index (χ1n) is 7.25. The molecule has 0 aliphatic carbocycles. The van der Waals surface area contributed by atoms with Gasteiger partial charge in [-0.25, -0.2) is 9.97 Å². The summed E-state index contributed by atoms with van der Waals surface area (Å²) in [6, 6.07) is 8.23. The van der Waals surface area contributed by atoms with Gasteiger partial charge in [0.25, 0.3) is 0 Å². The van der Waals surface area contributed by atoms with Gasteiger partial charge in [0.2, 0.25) is 0 Å². The Labute approximate surface area is 119 Å². The third-order valence-corrected chi connectivity index (χ3v) is 3.86. The van der Waals surface area contributed by atoms with Crippen molar-refractivity contribution in [1.29, 1.82) is 0 Å². The second-order valence-electron chi connectivity index (χ2n) is 5.50. The van der Waals surface area contributed by atoms with Crippen molar-refractivity contribution >= 4 is 5.82 Å².